The molecule has 1 rings (SSSR count). The summed E-state index contributed by atoms with van der Waals surface area (Å²) in [6.45, 7) is 0. The minimum atomic E-state index is -2.67. The highest BCUT2D eigenvalue weighted by Gasteiger charge is 2.18. The predicted octanol–water partition coefficient (Wildman–Crippen LogP) is 3.15. The molecule has 0 aliphatic rings. The predicted molar refractivity (Wildman–Crippen MR) is 51.2 cm³/mol. The smallest absolute Gasteiger partial charge is 0.267 e. The van der Waals surface area contributed by atoms with E-state index in [-0.39, 0.29) is 16.3 Å². The summed E-state index contributed by atoms with van der Waals surface area (Å²) in [5.74, 6) is 0. The molecule has 6 heteroatoms. The van der Waals surface area contributed by atoms with E-state index in [1.165, 1.54) is 6.20 Å². The molecule has 0 fully saturated rings. The van der Waals surface area contributed by atoms with Crippen LogP contribution >= 0.6 is 27.5 Å². The van der Waals surface area contributed by atoms with Crippen molar-refractivity contribution in [3.63, 3.8) is 0 Å². The van der Waals surface area contributed by atoms with Crippen LogP contribution in [-0.4, -0.2) is 4.98 Å². The Kier molecular flexibility index (Phi) is 3.44. The van der Waals surface area contributed by atoms with Crippen LogP contribution in [0, 0.1) is 0 Å². The summed E-state index contributed by atoms with van der Waals surface area (Å²) in [4.78, 5) is 3.80. The van der Waals surface area contributed by atoms with Crippen LogP contribution in [-0.2, 0) is 5.33 Å². The van der Waals surface area contributed by atoms with Gasteiger partial charge in [0, 0.05) is 5.33 Å². The summed E-state index contributed by atoms with van der Waals surface area (Å²) in [6, 6.07) is 0. The zero-order valence-corrected chi connectivity index (χ0v) is 8.74. The van der Waals surface area contributed by atoms with Crippen molar-refractivity contribution in [2.45, 2.75) is 11.8 Å². The van der Waals surface area contributed by atoms with Gasteiger partial charge in [0.05, 0.1) is 28.2 Å². The average Bonchev–Trinajstić information content (AvgIpc) is 2.04. The first-order valence-corrected chi connectivity index (χ1v) is 4.84. The van der Waals surface area contributed by atoms with Crippen molar-refractivity contribution in [2.75, 3.05) is 5.73 Å². The number of nitrogens with zero attached hydrogens (tertiary/aromatic N) is 1. The van der Waals surface area contributed by atoms with Gasteiger partial charge in [0.1, 0.15) is 0 Å². The Morgan fingerprint density at radius 1 is 1.62 bits per heavy atom. The van der Waals surface area contributed by atoms with Crippen LogP contribution in [0.25, 0.3) is 0 Å². The van der Waals surface area contributed by atoms with E-state index in [1.54, 1.807) is 0 Å². The normalized spacial score (nSPS) is 10.8. The van der Waals surface area contributed by atoms with Crippen molar-refractivity contribution in [1.29, 1.82) is 0 Å². The second-order valence-corrected chi connectivity index (χ2v) is 3.26. The van der Waals surface area contributed by atoms with Gasteiger partial charge in [-0.05, 0) is 0 Å². The van der Waals surface area contributed by atoms with E-state index in [9.17, 15) is 8.78 Å². The van der Waals surface area contributed by atoms with Crippen LogP contribution in [0.15, 0.2) is 6.20 Å². The standard InChI is InChI=1S/C7H6BrClF2N2/c8-1-4-6(9)5(7(10)11)3(12)2-13-4/h2,7H,1,12H2. The summed E-state index contributed by atoms with van der Waals surface area (Å²) in [5, 5.41) is 0.262. The highest BCUT2D eigenvalue weighted by molar-refractivity contribution is 9.08. The molecule has 0 saturated heterocycles. The average molecular weight is 271 g/mol. The van der Waals surface area contributed by atoms with Crippen LogP contribution in [0.5, 0.6) is 0 Å². The van der Waals surface area contributed by atoms with Crippen molar-refractivity contribution in [2.24, 2.45) is 0 Å². The molecule has 0 amide bonds. The molecule has 0 bridgehead atoms. The molecule has 0 aliphatic heterocycles. The zero-order chi connectivity index (χ0) is 10.0. The number of nitrogen functional groups attached to an aromatic ring is 1. The Labute approximate surface area is 87.2 Å². The number of pyridine rings is 1. The molecule has 1 heterocycles. The lowest BCUT2D eigenvalue weighted by molar-refractivity contribution is 0.152. The molecule has 0 atom stereocenters. The van der Waals surface area contributed by atoms with Gasteiger partial charge < -0.3 is 5.73 Å². The number of hydrogen-bond donors (Lipinski definition) is 1. The fourth-order valence-electron chi connectivity index (χ4n) is 0.871. The third-order valence-electron chi connectivity index (χ3n) is 1.51. The number of halogens is 4. The highest BCUT2D eigenvalue weighted by atomic mass is 79.9. The van der Waals surface area contributed by atoms with Gasteiger partial charge in [0.25, 0.3) is 6.43 Å². The van der Waals surface area contributed by atoms with E-state index in [0.717, 1.165) is 0 Å². The van der Waals surface area contributed by atoms with Gasteiger partial charge in [-0.3, -0.25) is 4.98 Å². The van der Waals surface area contributed by atoms with Gasteiger partial charge in [0.15, 0.2) is 0 Å². The summed E-state index contributed by atoms with van der Waals surface area (Å²) in [6.07, 6.45) is -1.49. The molecular formula is C7H6BrClF2N2. The molecule has 13 heavy (non-hydrogen) atoms. The SMILES string of the molecule is Nc1cnc(CBr)c(Cl)c1C(F)F. The van der Waals surface area contributed by atoms with E-state index < -0.39 is 6.43 Å². The van der Waals surface area contributed by atoms with E-state index in [2.05, 4.69) is 20.9 Å². The van der Waals surface area contributed by atoms with Gasteiger partial charge in [-0.2, -0.15) is 0 Å². The van der Waals surface area contributed by atoms with Crippen LogP contribution < -0.4 is 5.73 Å². The summed E-state index contributed by atoms with van der Waals surface area (Å²) in [5.41, 5.74) is 5.25. The second kappa shape index (κ2) is 4.19. The van der Waals surface area contributed by atoms with Gasteiger partial charge in [-0.25, -0.2) is 8.78 Å². The van der Waals surface area contributed by atoms with Crippen molar-refractivity contribution >= 4 is 33.2 Å². The number of nitrogens with two attached hydrogens (primary N) is 1. The summed E-state index contributed by atoms with van der Waals surface area (Å²) < 4.78 is 24.8. The number of alkyl halides is 3. The number of hydrogen-bond acceptors (Lipinski definition) is 2. The number of aromatic nitrogens is 1. The van der Waals surface area contributed by atoms with E-state index in [0.29, 0.717) is 11.0 Å². The van der Waals surface area contributed by atoms with Gasteiger partial charge in [-0.15, -0.1) is 0 Å². The lowest BCUT2D eigenvalue weighted by Crippen LogP contribution is -2.00. The Morgan fingerprint density at radius 2 is 2.23 bits per heavy atom. The van der Waals surface area contributed by atoms with E-state index >= 15 is 0 Å². The Hall–Kier alpha value is -0.420. The van der Waals surface area contributed by atoms with Gasteiger partial charge >= 0.3 is 0 Å². The molecule has 2 N–H and O–H groups in total. The third-order valence-corrected chi connectivity index (χ3v) is 2.46. The topological polar surface area (TPSA) is 38.9 Å². The van der Waals surface area contributed by atoms with E-state index in [1.807, 2.05) is 0 Å². The molecule has 0 spiro atoms. The first kappa shape index (κ1) is 10.7. The largest absolute Gasteiger partial charge is 0.397 e. The first-order valence-electron chi connectivity index (χ1n) is 3.34. The van der Waals surface area contributed by atoms with Crippen molar-refractivity contribution in [1.82, 2.24) is 4.98 Å². The monoisotopic (exact) mass is 270 g/mol. The number of anilines is 1. The van der Waals surface area contributed by atoms with Gasteiger partial charge in [0.2, 0.25) is 0 Å². The Morgan fingerprint density at radius 3 is 2.69 bits per heavy atom. The molecule has 1 aromatic rings. The van der Waals surface area contributed by atoms with E-state index in [4.69, 9.17) is 17.3 Å². The Balaban J connectivity index is 3.30. The maximum Gasteiger partial charge on any atom is 0.267 e. The fourth-order valence-corrected chi connectivity index (χ4v) is 1.76. The molecular weight excluding hydrogens is 265 g/mol. The Bertz CT molecular complexity index is 320. The molecule has 0 unspecified atom stereocenters. The quantitative estimate of drug-likeness (QED) is 0.839. The molecule has 0 radical (unpaired) electrons. The van der Waals surface area contributed by atoms with Gasteiger partial charge in [-0.1, -0.05) is 27.5 Å². The lowest BCUT2D eigenvalue weighted by Gasteiger charge is -2.08. The van der Waals surface area contributed by atoms with Crippen LogP contribution in [0.4, 0.5) is 14.5 Å². The number of rotatable bonds is 2. The maximum atomic E-state index is 12.4. The highest BCUT2D eigenvalue weighted by Crippen LogP contribution is 2.33. The van der Waals surface area contributed by atoms with Crippen LogP contribution in [0.3, 0.4) is 0 Å². The van der Waals surface area contributed by atoms with Crippen molar-refractivity contribution in [3.05, 3.63) is 22.5 Å². The molecule has 0 aliphatic carbocycles. The van der Waals surface area contributed by atoms with Crippen LogP contribution in [0.1, 0.15) is 17.7 Å². The summed E-state index contributed by atoms with van der Waals surface area (Å²) >= 11 is 8.74. The maximum absolute atomic E-state index is 12.4. The van der Waals surface area contributed by atoms with Crippen molar-refractivity contribution in [3.8, 4) is 0 Å². The molecule has 2 nitrogen and oxygen atoms in total. The molecule has 72 valence electrons. The van der Waals surface area contributed by atoms with Crippen LogP contribution in [0.2, 0.25) is 5.02 Å². The molecule has 0 saturated carbocycles. The third kappa shape index (κ3) is 2.08. The molecule has 0 aromatic carbocycles. The second-order valence-electron chi connectivity index (χ2n) is 2.32. The van der Waals surface area contributed by atoms with Crippen molar-refractivity contribution < 1.29 is 8.78 Å². The fraction of sp³-hybridized carbons (Fsp3) is 0.286. The first-order chi connectivity index (χ1) is 6.07. The minimum Gasteiger partial charge on any atom is -0.397 e. The lowest BCUT2D eigenvalue weighted by atomic mass is 10.2. The zero-order valence-electron chi connectivity index (χ0n) is 6.40. The summed E-state index contributed by atoms with van der Waals surface area (Å²) in [7, 11) is 0. The minimum absolute atomic E-state index is 0.0631. The molecule has 1 aromatic heterocycles.